The van der Waals surface area contributed by atoms with Crippen LogP contribution in [0, 0.1) is 17.0 Å². The lowest BCUT2D eigenvalue weighted by Crippen LogP contribution is -2.03. The van der Waals surface area contributed by atoms with E-state index in [2.05, 4.69) is 78.4 Å². The molecule has 0 amide bonds. The predicted octanol–water partition coefficient (Wildman–Crippen LogP) is 13.1. The van der Waals surface area contributed by atoms with E-state index in [-0.39, 0.29) is 79.8 Å². The summed E-state index contributed by atoms with van der Waals surface area (Å²) in [5.74, 6) is -2.39. The number of nitrogens with zero attached hydrogens (tertiary/aromatic N) is 9. The first-order valence-electron chi connectivity index (χ1n) is 24.2. The van der Waals surface area contributed by atoms with Crippen molar-refractivity contribution in [1.29, 1.82) is 0 Å². The largest absolute Gasteiger partial charge is 0.505 e. The zero-order valence-corrected chi connectivity index (χ0v) is 51.9. The topological polar surface area (TPSA) is 590 Å². The van der Waals surface area contributed by atoms with E-state index in [0.29, 0.717) is 48.3 Å². The highest BCUT2D eigenvalue weighted by Crippen LogP contribution is 2.52. The third kappa shape index (κ3) is 16.5. The van der Waals surface area contributed by atoms with Gasteiger partial charge < -0.3 is 20.7 Å². The smallest absolute Gasteiger partial charge is 0.297 e. The van der Waals surface area contributed by atoms with Crippen LogP contribution >= 0.6 is 48.2 Å². The molecule has 12 N–H and O–H groups in total. The molecule has 47 heteroatoms. The summed E-state index contributed by atoms with van der Waals surface area (Å²) in [6.45, 7) is 1.32. The summed E-state index contributed by atoms with van der Waals surface area (Å²) in [4.78, 5) is 6.34. The molecule has 492 valence electrons. The van der Waals surface area contributed by atoms with Crippen LogP contribution in [0.1, 0.15) is 12.0 Å². The van der Waals surface area contributed by atoms with Crippen LogP contribution in [0.5, 0.6) is 17.2 Å². The van der Waals surface area contributed by atoms with Crippen LogP contribution in [-0.2, 0) is 78.0 Å². The van der Waals surface area contributed by atoms with Crippen LogP contribution in [-0.4, -0.2) is 100 Å². The van der Waals surface area contributed by atoms with Crippen molar-refractivity contribution in [3.8, 4) is 17.2 Å². The molecule has 8 aromatic carbocycles. The van der Waals surface area contributed by atoms with Crippen molar-refractivity contribution in [3.63, 3.8) is 0 Å². The molecule has 0 saturated carbocycles. The Hall–Kier alpha value is -7.90. The lowest BCUT2D eigenvalue weighted by atomic mass is 10.0. The molecule has 8 rings (SSSR count). The Bertz CT molecular complexity index is 4880. The molecule has 0 saturated heterocycles. The molecule has 0 fully saturated rings. The van der Waals surface area contributed by atoms with Crippen molar-refractivity contribution in [3.05, 3.63) is 107 Å². The van der Waals surface area contributed by atoms with Crippen LogP contribution in [0.3, 0.4) is 0 Å². The average molecular weight is 1450 g/mol. The van der Waals surface area contributed by atoms with Gasteiger partial charge in [-0.2, -0.15) is 38.8 Å². The third-order valence-electron chi connectivity index (χ3n) is 12.2. The molecule has 0 aliphatic carbocycles. The van der Waals surface area contributed by atoms with Crippen molar-refractivity contribution in [1.82, 2.24) is 0 Å². The fraction of sp³-hybridized carbons (Fsp3) is 0.0870. The van der Waals surface area contributed by atoms with Gasteiger partial charge in [0.05, 0.1) is 75.0 Å². The number of nitro benzene ring substituents is 1. The number of nitrogen functional groups attached to an aromatic ring is 1. The number of hydrogen-bond acceptors (Lipinski definition) is 38. The second-order valence-electron chi connectivity index (χ2n) is 17.7. The minimum Gasteiger partial charge on any atom is -0.505 e. The number of anilines is 1. The van der Waals surface area contributed by atoms with Crippen LogP contribution in [0.2, 0.25) is 0 Å². The number of azo groups is 4. The minimum atomic E-state index is -5.68. The summed E-state index contributed by atoms with van der Waals surface area (Å²) < 4.78 is 169. The monoisotopic (exact) mass is 1450 g/mol. The average Bonchev–Trinajstić information content (AvgIpc) is 0.768. The van der Waals surface area contributed by atoms with Crippen molar-refractivity contribution in [2.45, 2.75) is 47.6 Å². The Morgan fingerprint density at radius 1 is 0.516 bits per heavy atom. The summed E-state index contributed by atoms with van der Waals surface area (Å²) >= 11 is 1.49. The molecule has 0 heterocycles. The molecule has 0 radical (unpaired) electrons. The van der Waals surface area contributed by atoms with E-state index in [1.54, 1.807) is 0 Å². The molecule has 0 atom stereocenters. The molecule has 39 nitrogen and oxygen atoms in total. The van der Waals surface area contributed by atoms with E-state index in [1.807, 2.05) is 0 Å². The molecule has 8 aromatic rings. The van der Waals surface area contributed by atoms with E-state index in [4.69, 9.17) is 31.5 Å². The maximum atomic E-state index is 13.3. The van der Waals surface area contributed by atoms with Gasteiger partial charge >= 0.3 is 0 Å². The number of nitro groups is 1. The maximum absolute atomic E-state index is 13.3. The van der Waals surface area contributed by atoms with E-state index in [0.717, 1.165) is 36.4 Å². The van der Waals surface area contributed by atoms with Crippen molar-refractivity contribution in [2.75, 3.05) is 18.1 Å². The molecule has 0 aromatic heterocycles. The molecular formula is C46H36N10O29S8. The van der Waals surface area contributed by atoms with Gasteiger partial charge in [0.2, 0.25) is 0 Å². The zero-order chi connectivity index (χ0) is 67.7. The second kappa shape index (κ2) is 30.0. The van der Waals surface area contributed by atoms with Crippen LogP contribution < -0.4 is 10.5 Å². The van der Waals surface area contributed by atoms with Gasteiger partial charge in [0.15, 0.2) is 17.2 Å². The quantitative estimate of drug-likeness (QED) is 0.00303. The van der Waals surface area contributed by atoms with Crippen LogP contribution in [0.4, 0.5) is 56.9 Å². The van der Waals surface area contributed by atoms with Crippen molar-refractivity contribution >= 4 is 178 Å². The summed E-state index contributed by atoms with van der Waals surface area (Å²) in [5.41, 5.74) is 0.840. The van der Waals surface area contributed by atoms with Gasteiger partial charge in [-0.1, -0.05) is 32.3 Å². The Labute approximate surface area is 535 Å². The first-order chi connectivity index (χ1) is 44.0. The first kappa shape index (κ1) is 71.0. The molecule has 0 aliphatic rings. The van der Waals surface area contributed by atoms with Crippen molar-refractivity contribution < 1.29 is 130 Å². The fourth-order valence-corrected chi connectivity index (χ4v) is 13.0. The SMILES string of the molecule is Cc1cc(N=Nc2c(S(=O)(=O)O)cc3c(S(=O)(=O)O)c(N=Nc4cc(S(=O)(=O)O)c5cc(SOOO)c(N=Nc6ccc(SOOO)cc6[N+](=O)[O-])c(O)c5c4N)ccc3c2O)c(OCCCSOOO)cc1N=Nc1ccc(S(=O)(=O)O)c2cccc(SOOO)c12. The number of fused-ring (bicyclic) bond motifs is 3. The molecule has 0 bridgehead atoms. The Kier molecular flexibility index (Phi) is 22.9. The van der Waals surface area contributed by atoms with Crippen LogP contribution in [0.15, 0.2) is 166 Å². The van der Waals surface area contributed by atoms with Gasteiger partial charge in [0, 0.05) is 66.7 Å². The number of benzene rings is 8. The molecule has 93 heavy (non-hydrogen) atoms. The van der Waals surface area contributed by atoms with Gasteiger partial charge in [0.1, 0.15) is 53.8 Å². The van der Waals surface area contributed by atoms with Gasteiger partial charge in [0.25, 0.3) is 46.2 Å². The number of hydrogen-bond donors (Lipinski definition) is 11. The zero-order valence-electron chi connectivity index (χ0n) is 45.4. The molecular weight excluding hydrogens is 1410 g/mol. The standard InChI is InChI=1S/C46H36N10O29S8/c1-20-14-30(33(77-12-3-13-86-82-78-61)18-29(20)51-49-27-10-11-36(90(65,66)67)23-4-2-5-34(39(23)27)88-84-80-63)52-55-43-38(92(71,72)73)17-24-22(44(43)57)7-9-28(46(24)93(74,75)76)50-53-31-19-37(91(68,69)70)25-16-35(89-85-81-64)42(45(58)40(25)41(31)47)54-48-26-8-6-21(87-83-79-62)15-32(26)56(59)60/h2,4-11,14-19,57-58,61-64H,3,12-13,47H2,1H3,(H,65,66,67)(H,68,69,70)(H,71,72,73)(H,74,75,76). The van der Waals surface area contributed by atoms with E-state index >= 15 is 0 Å². The minimum absolute atomic E-state index is 0.000421. The number of aromatic hydroxyl groups is 2. The summed E-state index contributed by atoms with van der Waals surface area (Å²) in [5, 5.41) is 113. The first-order valence-corrected chi connectivity index (χ1v) is 33.1. The molecule has 0 spiro atoms. The van der Waals surface area contributed by atoms with E-state index in [9.17, 15) is 72.2 Å². The van der Waals surface area contributed by atoms with Gasteiger partial charge in [-0.15, -0.1) is 53.1 Å². The van der Waals surface area contributed by atoms with Gasteiger partial charge in [-0.3, -0.25) is 28.3 Å². The third-order valence-corrected chi connectivity index (χ3v) is 18.2. The normalized spacial score (nSPS) is 12.7. The number of phenols is 2. The lowest BCUT2D eigenvalue weighted by Gasteiger charge is -2.15. The van der Waals surface area contributed by atoms with Gasteiger partial charge in [-0.25, -0.2) is 21.0 Å². The summed E-state index contributed by atoms with van der Waals surface area (Å²) in [6.07, 6.45) is 0.174. The highest BCUT2D eigenvalue weighted by atomic mass is 32.2. The number of nitrogens with two attached hydrogens (primary N) is 1. The van der Waals surface area contributed by atoms with E-state index < -0.39 is 143 Å². The fourth-order valence-electron chi connectivity index (χ4n) is 8.38. The predicted molar refractivity (Wildman–Crippen MR) is 319 cm³/mol. The Balaban J connectivity index is 1.24. The number of phenolic OH excluding ortho intramolecular Hbond substituents is 2. The van der Waals surface area contributed by atoms with E-state index in [1.165, 1.54) is 49.4 Å². The number of aryl methyl sites for hydroxylation is 1. The molecule has 0 aliphatic heterocycles. The van der Waals surface area contributed by atoms with Crippen molar-refractivity contribution in [2.24, 2.45) is 40.9 Å². The highest BCUT2D eigenvalue weighted by Gasteiger charge is 2.30. The second-order valence-corrected chi connectivity index (χ2v) is 26.3. The Morgan fingerprint density at radius 2 is 1.11 bits per heavy atom. The van der Waals surface area contributed by atoms with Gasteiger partial charge in [-0.05, 0) is 85.6 Å². The molecule has 0 unspecified atom stereocenters. The number of rotatable bonds is 29. The Morgan fingerprint density at radius 3 is 1.76 bits per heavy atom. The lowest BCUT2D eigenvalue weighted by molar-refractivity contribution is -0.432. The highest BCUT2D eigenvalue weighted by molar-refractivity contribution is 7.95. The number of ether oxygens (including phenoxy) is 1. The summed E-state index contributed by atoms with van der Waals surface area (Å²) in [6, 6.07) is 15.5. The van der Waals surface area contributed by atoms with Crippen LogP contribution in [0.25, 0.3) is 32.3 Å². The maximum Gasteiger partial charge on any atom is 0.297 e. The summed E-state index contributed by atoms with van der Waals surface area (Å²) in [7, 11) is -21.6.